The van der Waals surface area contributed by atoms with Crippen molar-refractivity contribution in [3.05, 3.63) is 53.3 Å². The molecule has 2 heterocycles. The van der Waals surface area contributed by atoms with Gasteiger partial charge in [-0.3, -0.25) is 14.4 Å². The molecule has 0 bridgehead atoms. The summed E-state index contributed by atoms with van der Waals surface area (Å²) in [5.41, 5.74) is 0.341. The molecule has 1 aliphatic carbocycles. The average Bonchev–Trinajstić information content (AvgIpc) is 3.31. The molecule has 136 valence electrons. The summed E-state index contributed by atoms with van der Waals surface area (Å²) in [6.07, 6.45) is 5.81. The van der Waals surface area contributed by atoms with Gasteiger partial charge in [-0.1, -0.05) is 12.2 Å². The molecule has 0 fully saturated rings. The zero-order chi connectivity index (χ0) is 18.5. The van der Waals surface area contributed by atoms with Gasteiger partial charge in [0.2, 0.25) is 5.91 Å². The Hall–Kier alpha value is -2.87. The molecule has 0 radical (unpaired) electrons. The molecule has 0 aromatic carbocycles. The van der Waals surface area contributed by atoms with Crippen molar-refractivity contribution >= 4 is 34.1 Å². The molecule has 2 aromatic rings. The van der Waals surface area contributed by atoms with Gasteiger partial charge in [-0.05, 0) is 36.4 Å². The molecule has 0 spiro atoms. The lowest BCUT2D eigenvalue weighted by Gasteiger charge is -2.24. The van der Waals surface area contributed by atoms with Crippen LogP contribution in [-0.4, -0.2) is 22.9 Å². The number of hydrogen-bond donors (Lipinski definition) is 3. The van der Waals surface area contributed by atoms with Crippen molar-refractivity contribution in [3.63, 3.8) is 0 Å². The second kappa shape index (κ2) is 8.01. The van der Waals surface area contributed by atoms with Gasteiger partial charge in [0.05, 0.1) is 30.2 Å². The number of anilines is 1. The van der Waals surface area contributed by atoms with Gasteiger partial charge in [-0.25, -0.2) is 0 Å². The van der Waals surface area contributed by atoms with Crippen LogP contribution in [-0.2, 0) is 16.1 Å². The third-order valence-corrected chi connectivity index (χ3v) is 5.07. The van der Waals surface area contributed by atoms with Gasteiger partial charge in [0.25, 0.3) is 5.91 Å². The van der Waals surface area contributed by atoms with E-state index in [1.807, 2.05) is 6.08 Å². The topological polar surface area (TPSA) is 109 Å². The number of allylic oxidation sites excluding steroid dienone is 2. The van der Waals surface area contributed by atoms with Gasteiger partial charge in [-0.15, -0.1) is 11.3 Å². The Bertz CT molecular complexity index is 825. The van der Waals surface area contributed by atoms with Gasteiger partial charge in [0, 0.05) is 0 Å². The summed E-state index contributed by atoms with van der Waals surface area (Å²) in [4.78, 5) is 36.3. The molecular weight excluding hydrogens is 356 g/mol. The summed E-state index contributed by atoms with van der Waals surface area (Å²) in [5, 5.41) is 16.9. The summed E-state index contributed by atoms with van der Waals surface area (Å²) < 4.78 is 5.17. The lowest BCUT2D eigenvalue weighted by atomic mass is 9.82. The lowest BCUT2D eigenvalue weighted by Crippen LogP contribution is -2.35. The standard InChI is InChI=1S/C18H18N2O5S/c21-15(19-10-11-4-3-8-25-11)14-7-9-26-17(14)20-16(22)12-5-1-2-6-13(12)18(23)24/h1-4,7-9,12-13H,5-6,10H2,(H,19,21)(H,20,22)(H,23,24)/t12-,13-/m1/s1. The number of rotatable bonds is 6. The Labute approximate surface area is 153 Å². The van der Waals surface area contributed by atoms with Crippen LogP contribution in [0.15, 0.2) is 46.4 Å². The van der Waals surface area contributed by atoms with E-state index in [1.54, 1.807) is 29.7 Å². The quantitative estimate of drug-likeness (QED) is 0.674. The van der Waals surface area contributed by atoms with Gasteiger partial charge in [0.15, 0.2) is 0 Å². The van der Waals surface area contributed by atoms with Crippen molar-refractivity contribution in [2.45, 2.75) is 19.4 Å². The third kappa shape index (κ3) is 4.02. The molecule has 0 saturated carbocycles. The maximum atomic E-state index is 12.6. The monoisotopic (exact) mass is 374 g/mol. The van der Waals surface area contributed by atoms with Crippen LogP contribution in [0.4, 0.5) is 5.00 Å². The molecule has 7 nitrogen and oxygen atoms in total. The first-order chi connectivity index (χ1) is 12.6. The first-order valence-electron chi connectivity index (χ1n) is 8.13. The second-order valence-corrected chi connectivity index (χ2v) is 6.82. The molecule has 26 heavy (non-hydrogen) atoms. The van der Waals surface area contributed by atoms with Crippen LogP contribution in [0, 0.1) is 11.8 Å². The van der Waals surface area contributed by atoms with E-state index >= 15 is 0 Å². The van der Waals surface area contributed by atoms with E-state index in [-0.39, 0.29) is 18.4 Å². The summed E-state index contributed by atoms with van der Waals surface area (Å²) in [6.45, 7) is 0.240. The molecule has 0 saturated heterocycles. The molecule has 3 rings (SSSR count). The Morgan fingerprint density at radius 1 is 1.19 bits per heavy atom. The summed E-state index contributed by atoms with van der Waals surface area (Å²) >= 11 is 1.22. The fourth-order valence-corrected chi connectivity index (χ4v) is 3.63. The molecule has 2 aromatic heterocycles. The molecule has 1 aliphatic rings. The molecule has 8 heteroatoms. The van der Waals surface area contributed by atoms with Crippen molar-refractivity contribution in [3.8, 4) is 0 Å². The number of carbonyl (C=O) groups excluding carboxylic acids is 2. The minimum atomic E-state index is -0.989. The number of thiophene rings is 1. The Morgan fingerprint density at radius 2 is 1.96 bits per heavy atom. The zero-order valence-electron chi connectivity index (χ0n) is 13.8. The van der Waals surface area contributed by atoms with E-state index in [4.69, 9.17) is 4.42 Å². The predicted molar refractivity (Wildman–Crippen MR) is 95.8 cm³/mol. The van der Waals surface area contributed by atoms with Crippen molar-refractivity contribution in [1.82, 2.24) is 5.32 Å². The van der Waals surface area contributed by atoms with Crippen LogP contribution in [0.5, 0.6) is 0 Å². The van der Waals surface area contributed by atoms with Crippen molar-refractivity contribution in [1.29, 1.82) is 0 Å². The Kier molecular flexibility index (Phi) is 5.52. The van der Waals surface area contributed by atoms with Gasteiger partial charge in [0.1, 0.15) is 10.8 Å². The number of nitrogens with one attached hydrogen (secondary N) is 2. The highest BCUT2D eigenvalue weighted by Crippen LogP contribution is 2.29. The fourth-order valence-electron chi connectivity index (χ4n) is 2.84. The van der Waals surface area contributed by atoms with Crippen LogP contribution >= 0.6 is 11.3 Å². The summed E-state index contributed by atoms with van der Waals surface area (Å²) in [6, 6.07) is 5.10. The number of carbonyl (C=O) groups is 3. The summed E-state index contributed by atoms with van der Waals surface area (Å²) in [5.74, 6) is -2.50. The SMILES string of the molecule is O=C(NCc1ccco1)c1ccsc1NC(=O)[C@@H]1CC=CC[C@H]1C(=O)O. The maximum absolute atomic E-state index is 12.6. The Morgan fingerprint density at radius 3 is 2.65 bits per heavy atom. The van der Waals surface area contributed by atoms with Gasteiger partial charge < -0.3 is 20.2 Å². The van der Waals surface area contributed by atoms with Crippen molar-refractivity contribution in [2.24, 2.45) is 11.8 Å². The summed E-state index contributed by atoms with van der Waals surface area (Å²) in [7, 11) is 0. The third-order valence-electron chi connectivity index (χ3n) is 4.24. The number of carboxylic acids is 1. The number of amides is 2. The van der Waals surface area contributed by atoms with Crippen LogP contribution < -0.4 is 10.6 Å². The zero-order valence-corrected chi connectivity index (χ0v) is 14.6. The van der Waals surface area contributed by atoms with Crippen LogP contribution in [0.25, 0.3) is 0 Å². The van der Waals surface area contributed by atoms with E-state index in [1.165, 1.54) is 17.6 Å². The minimum Gasteiger partial charge on any atom is -0.481 e. The second-order valence-electron chi connectivity index (χ2n) is 5.91. The molecule has 2 amide bonds. The molecule has 0 unspecified atom stereocenters. The van der Waals surface area contributed by atoms with Crippen molar-refractivity contribution < 1.29 is 23.9 Å². The average molecular weight is 374 g/mol. The van der Waals surface area contributed by atoms with E-state index < -0.39 is 17.8 Å². The van der Waals surface area contributed by atoms with E-state index in [2.05, 4.69) is 10.6 Å². The van der Waals surface area contributed by atoms with E-state index in [0.29, 0.717) is 29.2 Å². The first-order valence-corrected chi connectivity index (χ1v) is 9.01. The molecular formula is C18H18N2O5S. The number of aliphatic carboxylic acids is 1. The van der Waals surface area contributed by atoms with Crippen LogP contribution in [0.3, 0.4) is 0 Å². The number of hydrogen-bond acceptors (Lipinski definition) is 5. The largest absolute Gasteiger partial charge is 0.481 e. The minimum absolute atomic E-state index is 0.240. The molecule has 3 N–H and O–H groups in total. The highest BCUT2D eigenvalue weighted by Gasteiger charge is 2.34. The first kappa shape index (κ1) is 17.9. The van der Waals surface area contributed by atoms with E-state index in [0.717, 1.165) is 0 Å². The maximum Gasteiger partial charge on any atom is 0.307 e. The number of carboxylic acid groups (broad SMARTS) is 1. The number of furan rings is 1. The highest BCUT2D eigenvalue weighted by molar-refractivity contribution is 7.14. The van der Waals surface area contributed by atoms with Gasteiger partial charge in [-0.2, -0.15) is 0 Å². The predicted octanol–water partition coefficient (Wildman–Crippen LogP) is 2.88. The smallest absolute Gasteiger partial charge is 0.307 e. The van der Waals surface area contributed by atoms with E-state index in [9.17, 15) is 19.5 Å². The molecule has 0 aliphatic heterocycles. The van der Waals surface area contributed by atoms with Gasteiger partial charge >= 0.3 is 5.97 Å². The van der Waals surface area contributed by atoms with Crippen molar-refractivity contribution in [2.75, 3.05) is 5.32 Å². The normalized spacial score (nSPS) is 19.1. The Balaban J connectivity index is 1.66. The lowest BCUT2D eigenvalue weighted by molar-refractivity contribution is -0.146. The fraction of sp³-hybridized carbons (Fsp3) is 0.278. The van der Waals surface area contributed by atoms with Crippen LogP contribution in [0.1, 0.15) is 29.0 Å². The molecule has 2 atom stereocenters. The van der Waals surface area contributed by atoms with Crippen LogP contribution in [0.2, 0.25) is 0 Å². The highest BCUT2D eigenvalue weighted by atomic mass is 32.1.